The number of amides is 3. The van der Waals surface area contributed by atoms with Gasteiger partial charge >= 0.3 is 6.03 Å². The van der Waals surface area contributed by atoms with Gasteiger partial charge in [-0.25, -0.2) is 9.78 Å². The van der Waals surface area contributed by atoms with E-state index in [4.69, 9.17) is 0 Å². The van der Waals surface area contributed by atoms with Crippen LogP contribution < -0.4 is 5.32 Å². The van der Waals surface area contributed by atoms with Crippen LogP contribution in [0.4, 0.5) is 4.79 Å². The zero-order valence-corrected chi connectivity index (χ0v) is 16.9. The lowest BCUT2D eigenvalue weighted by molar-refractivity contribution is -0.132. The van der Waals surface area contributed by atoms with Crippen molar-refractivity contribution in [3.63, 3.8) is 0 Å². The monoisotopic (exact) mass is 413 g/mol. The van der Waals surface area contributed by atoms with E-state index in [9.17, 15) is 9.59 Å². The average Bonchev–Trinajstić information content (AvgIpc) is 3.29. The molecular weight excluding hydrogens is 394 g/mol. The molecular formula is C24H19N3O2S. The summed E-state index contributed by atoms with van der Waals surface area (Å²) in [5.74, 6) is -0.248. The summed E-state index contributed by atoms with van der Waals surface area (Å²) in [4.78, 5) is 32.5. The minimum atomic E-state index is -1.13. The number of carbonyl (C=O) groups excluding carboxylic acids is 2. The second-order valence-electron chi connectivity index (χ2n) is 7.33. The molecule has 1 saturated heterocycles. The topological polar surface area (TPSA) is 62.3 Å². The van der Waals surface area contributed by atoms with Crippen LogP contribution in [0.5, 0.6) is 0 Å². The second-order valence-corrected chi connectivity index (χ2v) is 8.45. The van der Waals surface area contributed by atoms with Crippen LogP contribution in [0.25, 0.3) is 10.2 Å². The van der Waals surface area contributed by atoms with Crippen molar-refractivity contribution in [2.24, 2.45) is 0 Å². The minimum absolute atomic E-state index is 0.160. The molecule has 1 fully saturated rings. The molecule has 3 aromatic carbocycles. The van der Waals surface area contributed by atoms with Crippen LogP contribution in [0, 0.1) is 0 Å². The van der Waals surface area contributed by atoms with Gasteiger partial charge in [0.05, 0.1) is 16.8 Å². The van der Waals surface area contributed by atoms with Crippen molar-refractivity contribution in [3.05, 3.63) is 101 Å². The van der Waals surface area contributed by atoms with Crippen LogP contribution >= 0.6 is 11.3 Å². The maximum Gasteiger partial charge on any atom is 0.325 e. The summed E-state index contributed by atoms with van der Waals surface area (Å²) in [6.45, 7) is 0.160. The van der Waals surface area contributed by atoms with Crippen molar-refractivity contribution < 1.29 is 9.59 Å². The van der Waals surface area contributed by atoms with Gasteiger partial charge in [-0.1, -0.05) is 72.8 Å². The lowest BCUT2D eigenvalue weighted by Crippen LogP contribution is -2.46. The van der Waals surface area contributed by atoms with Gasteiger partial charge in [0.2, 0.25) is 0 Å². The third kappa shape index (κ3) is 3.15. The van der Waals surface area contributed by atoms with E-state index in [0.717, 1.165) is 26.4 Å². The fourth-order valence-electron chi connectivity index (χ4n) is 3.93. The predicted molar refractivity (Wildman–Crippen MR) is 117 cm³/mol. The molecule has 2 heterocycles. The Morgan fingerprint density at radius 1 is 0.867 bits per heavy atom. The molecule has 0 saturated carbocycles. The van der Waals surface area contributed by atoms with Crippen LogP contribution in [0.1, 0.15) is 16.1 Å². The van der Waals surface area contributed by atoms with Crippen LogP contribution in [-0.2, 0) is 23.3 Å². The highest BCUT2D eigenvalue weighted by atomic mass is 32.1. The fourth-order valence-corrected chi connectivity index (χ4v) is 4.89. The smallest absolute Gasteiger partial charge is 0.319 e. The number of nitrogens with zero attached hydrogens (tertiary/aromatic N) is 2. The van der Waals surface area contributed by atoms with Crippen molar-refractivity contribution in [3.8, 4) is 0 Å². The number of para-hydroxylation sites is 1. The summed E-state index contributed by atoms with van der Waals surface area (Å²) >= 11 is 1.50. The Morgan fingerprint density at radius 3 is 2.27 bits per heavy atom. The molecule has 0 radical (unpaired) electrons. The number of fused-ring (bicyclic) bond motifs is 1. The third-order valence-electron chi connectivity index (χ3n) is 5.39. The first-order valence-electron chi connectivity index (χ1n) is 9.74. The van der Waals surface area contributed by atoms with Gasteiger partial charge in [-0.05, 0) is 23.3 Å². The number of benzene rings is 3. The molecule has 30 heavy (non-hydrogen) atoms. The van der Waals surface area contributed by atoms with Crippen LogP contribution in [0.3, 0.4) is 0 Å². The summed E-state index contributed by atoms with van der Waals surface area (Å²) in [7, 11) is 0. The fraction of sp³-hybridized carbons (Fsp3) is 0.125. The lowest BCUT2D eigenvalue weighted by atomic mass is 9.83. The molecule has 148 valence electrons. The van der Waals surface area contributed by atoms with Crippen molar-refractivity contribution in [2.45, 2.75) is 18.5 Å². The van der Waals surface area contributed by atoms with E-state index >= 15 is 0 Å². The van der Waals surface area contributed by atoms with Crippen molar-refractivity contribution in [2.75, 3.05) is 0 Å². The first-order chi connectivity index (χ1) is 14.7. The molecule has 1 atom stereocenters. The van der Waals surface area contributed by atoms with Crippen LogP contribution in [0.15, 0.2) is 84.9 Å². The standard InChI is InChI=1S/C24H19N3O2S/c28-22-24(18-11-5-2-6-12-18,15-17-9-3-1-4-10-17)26-23(29)27(22)16-21-25-19-13-7-8-14-20(19)30-21/h1-14H,15-16H2,(H,26,29). The van der Waals surface area contributed by atoms with Gasteiger partial charge in [-0.3, -0.25) is 9.69 Å². The SMILES string of the molecule is O=C1NC(Cc2ccccc2)(c2ccccc2)C(=O)N1Cc1nc2ccccc2s1. The van der Waals surface area contributed by atoms with E-state index in [-0.39, 0.29) is 18.5 Å². The molecule has 0 bridgehead atoms. The van der Waals surface area contributed by atoms with Crippen molar-refractivity contribution in [1.29, 1.82) is 0 Å². The van der Waals surface area contributed by atoms with Gasteiger partial charge in [0.25, 0.3) is 5.91 Å². The minimum Gasteiger partial charge on any atom is -0.319 e. The molecule has 1 unspecified atom stereocenters. The van der Waals surface area contributed by atoms with E-state index in [1.54, 1.807) is 0 Å². The molecule has 5 nitrogen and oxygen atoms in total. The predicted octanol–water partition coefficient (Wildman–Crippen LogP) is 4.49. The van der Waals surface area contributed by atoms with Gasteiger partial charge in [0, 0.05) is 6.42 Å². The zero-order chi connectivity index (χ0) is 20.6. The number of hydrogen-bond acceptors (Lipinski definition) is 4. The van der Waals surface area contributed by atoms with Gasteiger partial charge in [0.1, 0.15) is 5.01 Å². The Hall–Kier alpha value is -3.51. The number of carbonyl (C=O) groups is 2. The van der Waals surface area contributed by atoms with E-state index < -0.39 is 5.54 Å². The summed E-state index contributed by atoms with van der Waals surface area (Å²) in [5, 5.41) is 3.74. The lowest BCUT2D eigenvalue weighted by Gasteiger charge is -2.27. The number of nitrogens with one attached hydrogen (secondary N) is 1. The number of aromatic nitrogens is 1. The Bertz CT molecular complexity index is 1190. The molecule has 1 N–H and O–H groups in total. The van der Waals surface area contributed by atoms with E-state index in [2.05, 4.69) is 10.3 Å². The Morgan fingerprint density at radius 2 is 1.53 bits per heavy atom. The van der Waals surface area contributed by atoms with Gasteiger partial charge < -0.3 is 5.32 Å². The molecule has 1 aromatic heterocycles. The number of thiazole rings is 1. The second kappa shape index (κ2) is 7.39. The number of hydrogen-bond donors (Lipinski definition) is 1. The van der Waals surface area contributed by atoms with Crippen molar-refractivity contribution in [1.82, 2.24) is 15.2 Å². The third-order valence-corrected chi connectivity index (χ3v) is 6.41. The van der Waals surface area contributed by atoms with E-state index in [0.29, 0.717) is 6.42 Å². The molecule has 1 aliphatic heterocycles. The van der Waals surface area contributed by atoms with Crippen LogP contribution in [0.2, 0.25) is 0 Å². The molecule has 5 rings (SSSR count). The summed E-state index contributed by atoms with van der Waals surface area (Å²) < 4.78 is 1.04. The molecule has 6 heteroatoms. The highest BCUT2D eigenvalue weighted by Crippen LogP contribution is 2.34. The highest BCUT2D eigenvalue weighted by Gasteiger charge is 2.52. The van der Waals surface area contributed by atoms with Gasteiger partial charge in [-0.15, -0.1) is 11.3 Å². The quantitative estimate of drug-likeness (QED) is 0.491. The number of rotatable bonds is 5. The molecule has 3 amide bonds. The average molecular weight is 414 g/mol. The van der Waals surface area contributed by atoms with Crippen LogP contribution in [-0.4, -0.2) is 21.8 Å². The molecule has 4 aromatic rings. The number of imide groups is 1. The van der Waals surface area contributed by atoms with Crippen molar-refractivity contribution >= 4 is 33.5 Å². The first-order valence-corrected chi connectivity index (χ1v) is 10.6. The summed E-state index contributed by atoms with van der Waals surface area (Å²) in [6, 6.07) is 26.6. The van der Waals surface area contributed by atoms with Gasteiger partial charge in [-0.2, -0.15) is 0 Å². The Balaban J connectivity index is 1.52. The Kier molecular flexibility index (Phi) is 4.56. The summed E-state index contributed by atoms with van der Waals surface area (Å²) in [6.07, 6.45) is 0.388. The number of urea groups is 1. The Labute approximate surface area is 178 Å². The largest absolute Gasteiger partial charge is 0.325 e. The van der Waals surface area contributed by atoms with E-state index in [1.165, 1.54) is 16.2 Å². The molecule has 0 spiro atoms. The maximum atomic E-state index is 13.7. The first kappa shape index (κ1) is 18.5. The zero-order valence-electron chi connectivity index (χ0n) is 16.1. The molecule has 0 aliphatic carbocycles. The van der Waals surface area contributed by atoms with E-state index in [1.807, 2.05) is 84.9 Å². The maximum absolute atomic E-state index is 13.7. The molecule has 1 aliphatic rings. The highest BCUT2D eigenvalue weighted by molar-refractivity contribution is 7.18. The van der Waals surface area contributed by atoms with Gasteiger partial charge in [0.15, 0.2) is 5.54 Å². The normalized spacial score (nSPS) is 18.7. The summed E-state index contributed by atoms with van der Waals surface area (Å²) in [5.41, 5.74) is 1.51.